The Labute approximate surface area is 186 Å². The van der Waals surface area contributed by atoms with Gasteiger partial charge in [0.25, 0.3) is 5.91 Å². The fourth-order valence-electron chi connectivity index (χ4n) is 3.45. The molecule has 9 heteroatoms. The van der Waals surface area contributed by atoms with Crippen molar-refractivity contribution in [3.63, 3.8) is 0 Å². The van der Waals surface area contributed by atoms with Gasteiger partial charge in [0.1, 0.15) is 5.01 Å². The van der Waals surface area contributed by atoms with Crippen molar-refractivity contribution in [2.24, 2.45) is 0 Å². The molecule has 0 unspecified atom stereocenters. The fraction of sp³-hybridized carbons (Fsp3) is 0.318. The van der Waals surface area contributed by atoms with E-state index in [1.807, 2.05) is 12.1 Å². The van der Waals surface area contributed by atoms with Crippen molar-refractivity contribution >= 4 is 32.4 Å². The molecule has 1 N–H and O–H groups in total. The molecule has 1 aliphatic heterocycles. The first kappa shape index (κ1) is 21.6. The monoisotopic (exact) mass is 456 g/mol. The molecule has 31 heavy (non-hydrogen) atoms. The van der Waals surface area contributed by atoms with Crippen LogP contribution >= 0.6 is 11.3 Å². The second-order valence-corrected chi connectivity index (χ2v) is 10.7. The Hall–Kier alpha value is -2.62. The zero-order chi connectivity index (χ0) is 22.0. The third-order valence-electron chi connectivity index (χ3n) is 5.27. The summed E-state index contributed by atoms with van der Waals surface area (Å²) in [6.45, 7) is 5.31. The number of hydrogen-bond donors (Lipinski definition) is 1. The number of hydrogen-bond acceptors (Lipinski definition) is 6. The van der Waals surface area contributed by atoms with E-state index in [1.54, 1.807) is 12.1 Å². The van der Waals surface area contributed by atoms with Crippen LogP contribution < -0.4 is 5.32 Å². The number of aromatic nitrogens is 2. The van der Waals surface area contributed by atoms with Gasteiger partial charge in [0.15, 0.2) is 0 Å². The van der Waals surface area contributed by atoms with Crippen LogP contribution in [0, 0.1) is 0 Å². The lowest BCUT2D eigenvalue weighted by Gasteiger charge is -2.15. The first-order valence-electron chi connectivity index (χ1n) is 10.2. The lowest BCUT2D eigenvalue weighted by molar-refractivity contribution is 0.102. The maximum Gasteiger partial charge on any atom is 0.257 e. The largest absolute Gasteiger partial charge is 0.296 e. The van der Waals surface area contributed by atoms with Crippen molar-refractivity contribution in [2.45, 2.75) is 37.5 Å². The van der Waals surface area contributed by atoms with Crippen LogP contribution in [0.1, 0.15) is 48.5 Å². The van der Waals surface area contributed by atoms with Crippen LogP contribution in [0.3, 0.4) is 0 Å². The Balaban J connectivity index is 1.49. The Morgan fingerprint density at radius 1 is 1.06 bits per heavy atom. The van der Waals surface area contributed by atoms with Crippen LogP contribution in [-0.4, -0.2) is 41.9 Å². The molecule has 3 aromatic rings. The molecular formula is C22H24N4O3S2. The summed E-state index contributed by atoms with van der Waals surface area (Å²) in [7, 11) is -3.58. The highest BCUT2D eigenvalue weighted by molar-refractivity contribution is 7.89. The SMILES string of the molecule is CC(C)c1ccc(-c2nnc(NC(=O)c3cccc(S(=O)(=O)N4CCCC4)c3)s2)cc1. The van der Waals surface area contributed by atoms with Crippen molar-refractivity contribution < 1.29 is 13.2 Å². The second-order valence-electron chi connectivity index (χ2n) is 7.78. The molecule has 0 atom stereocenters. The first-order chi connectivity index (χ1) is 14.8. The highest BCUT2D eigenvalue weighted by atomic mass is 32.2. The Bertz CT molecular complexity index is 1180. The number of carbonyl (C=O) groups is 1. The molecule has 7 nitrogen and oxygen atoms in total. The van der Waals surface area contributed by atoms with E-state index >= 15 is 0 Å². The molecule has 2 heterocycles. The molecule has 4 rings (SSSR count). The second kappa shape index (κ2) is 8.86. The van der Waals surface area contributed by atoms with E-state index in [4.69, 9.17) is 0 Å². The van der Waals surface area contributed by atoms with Crippen LogP contribution in [-0.2, 0) is 10.0 Å². The number of sulfonamides is 1. The van der Waals surface area contributed by atoms with Gasteiger partial charge in [0, 0.05) is 24.2 Å². The molecule has 0 spiro atoms. The minimum absolute atomic E-state index is 0.130. The average molecular weight is 457 g/mol. The van der Waals surface area contributed by atoms with E-state index in [-0.39, 0.29) is 10.5 Å². The molecule has 162 valence electrons. The fourth-order valence-corrected chi connectivity index (χ4v) is 5.75. The van der Waals surface area contributed by atoms with Crippen molar-refractivity contribution in [2.75, 3.05) is 18.4 Å². The number of amides is 1. The molecule has 0 aliphatic carbocycles. The zero-order valence-corrected chi connectivity index (χ0v) is 19.0. The van der Waals surface area contributed by atoms with E-state index in [0.717, 1.165) is 18.4 Å². The van der Waals surface area contributed by atoms with Crippen molar-refractivity contribution in [3.8, 4) is 10.6 Å². The molecule has 1 amide bonds. The van der Waals surface area contributed by atoms with E-state index in [2.05, 4.69) is 41.5 Å². The summed E-state index contributed by atoms with van der Waals surface area (Å²) in [5, 5.41) is 12.0. The predicted octanol–water partition coefficient (Wildman–Crippen LogP) is 4.37. The van der Waals surface area contributed by atoms with Crippen molar-refractivity contribution in [1.29, 1.82) is 0 Å². The number of rotatable bonds is 6. The summed E-state index contributed by atoms with van der Waals surface area (Å²) < 4.78 is 27.0. The minimum Gasteiger partial charge on any atom is -0.296 e. The minimum atomic E-state index is -3.58. The maximum atomic E-state index is 12.8. The van der Waals surface area contributed by atoms with Gasteiger partial charge in [-0.25, -0.2) is 8.42 Å². The molecule has 0 saturated carbocycles. The average Bonchev–Trinajstić information content (AvgIpc) is 3.47. The van der Waals surface area contributed by atoms with Crippen LogP contribution in [0.2, 0.25) is 0 Å². The molecule has 1 saturated heterocycles. The molecule has 1 aromatic heterocycles. The van der Waals surface area contributed by atoms with Gasteiger partial charge < -0.3 is 0 Å². The third-order valence-corrected chi connectivity index (χ3v) is 8.05. The zero-order valence-electron chi connectivity index (χ0n) is 17.4. The number of anilines is 1. The lowest BCUT2D eigenvalue weighted by Crippen LogP contribution is -2.28. The molecule has 1 aliphatic rings. The number of nitrogens with one attached hydrogen (secondary N) is 1. The van der Waals surface area contributed by atoms with Crippen LogP contribution in [0.25, 0.3) is 10.6 Å². The van der Waals surface area contributed by atoms with Crippen LogP contribution in [0.15, 0.2) is 53.4 Å². The standard InChI is InChI=1S/C22H24N4O3S2/c1-15(2)16-8-10-17(11-9-16)21-24-25-22(30-21)23-20(27)18-6-5-7-19(14-18)31(28,29)26-12-3-4-13-26/h5-11,14-15H,3-4,12-13H2,1-2H3,(H,23,25,27). The molecule has 2 aromatic carbocycles. The van der Waals surface area contributed by atoms with E-state index in [1.165, 1.54) is 33.3 Å². The third kappa shape index (κ3) is 4.68. The molecule has 1 fully saturated rings. The van der Waals surface area contributed by atoms with Gasteiger partial charge >= 0.3 is 0 Å². The maximum absolute atomic E-state index is 12.8. The lowest BCUT2D eigenvalue weighted by atomic mass is 10.0. The number of nitrogens with zero attached hydrogens (tertiary/aromatic N) is 3. The topological polar surface area (TPSA) is 92.3 Å². The first-order valence-corrected chi connectivity index (χ1v) is 12.5. The Kier molecular flexibility index (Phi) is 6.17. The van der Waals surface area contributed by atoms with E-state index < -0.39 is 15.9 Å². The van der Waals surface area contributed by atoms with Gasteiger partial charge in [-0.2, -0.15) is 4.31 Å². The summed E-state index contributed by atoms with van der Waals surface area (Å²) in [6.07, 6.45) is 1.72. The smallest absolute Gasteiger partial charge is 0.257 e. The highest BCUT2D eigenvalue weighted by Crippen LogP contribution is 2.28. The summed E-state index contributed by atoms with van der Waals surface area (Å²) in [4.78, 5) is 12.8. The van der Waals surface area contributed by atoms with Gasteiger partial charge in [0.2, 0.25) is 15.2 Å². The summed E-state index contributed by atoms with van der Waals surface area (Å²) >= 11 is 1.27. The molecular weight excluding hydrogens is 432 g/mol. The Morgan fingerprint density at radius 3 is 2.45 bits per heavy atom. The van der Waals surface area contributed by atoms with Crippen molar-refractivity contribution in [3.05, 3.63) is 59.7 Å². The van der Waals surface area contributed by atoms with Gasteiger partial charge in [-0.05, 0) is 42.5 Å². The molecule has 0 radical (unpaired) electrons. The van der Waals surface area contributed by atoms with Gasteiger partial charge in [-0.3, -0.25) is 10.1 Å². The van der Waals surface area contributed by atoms with Gasteiger partial charge in [-0.15, -0.1) is 10.2 Å². The van der Waals surface area contributed by atoms with Crippen molar-refractivity contribution in [1.82, 2.24) is 14.5 Å². The summed E-state index contributed by atoms with van der Waals surface area (Å²) in [5.74, 6) is 0.0275. The Morgan fingerprint density at radius 2 is 1.77 bits per heavy atom. The summed E-state index contributed by atoms with van der Waals surface area (Å²) in [6, 6.07) is 14.2. The van der Waals surface area contributed by atoms with Crippen LogP contribution in [0.5, 0.6) is 0 Å². The molecule has 0 bridgehead atoms. The quantitative estimate of drug-likeness (QED) is 0.595. The van der Waals surface area contributed by atoms with Gasteiger partial charge in [0.05, 0.1) is 4.90 Å². The predicted molar refractivity (Wildman–Crippen MR) is 122 cm³/mol. The normalized spacial score (nSPS) is 14.8. The number of carbonyl (C=O) groups excluding carboxylic acids is 1. The number of benzene rings is 2. The van der Waals surface area contributed by atoms with Gasteiger partial charge in [-0.1, -0.05) is 55.5 Å². The van der Waals surface area contributed by atoms with Crippen LogP contribution in [0.4, 0.5) is 5.13 Å². The summed E-state index contributed by atoms with van der Waals surface area (Å²) in [5.41, 5.74) is 2.44. The van der Waals surface area contributed by atoms with E-state index in [0.29, 0.717) is 29.1 Å². The highest BCUT2D eigenvalue weighted by Gasteiger charge is 2.27. The van der Waals surface area contributed by atoms with E-state index in [9.17, 15) is 13.2 Å².